The van der Waals surface area contributed by atoms with Gasteiger partial charge in [0.2, 0.25) is 0 Å². The zero-order chi connectivity index (χ0) is 15.5. The minimum Gasteiger partial charge on any atom is -0.460 e. The number of carbonyl (C=O) groups is 1. The van der Waals surface area contributed by atoms with Gasteiger partial charge in [0.25, 0.3) is 0 Å². The van der Waals surface area contributed by atoms with Crippen molar-refractivity contribution in [3.8, 4) is 11.5 Å². The molecule has 4 heteroatoms. The lowest BCUT2D eigenvalue weighted by atomic mass is 10.2. The fraction of sp³-hybridized carbons (Fsp3) is 0.800. The second-order valence-corrected chi connectivity index (χ2v) is 12.5. The molecular weight excluding hydrogens is 256 g/mol. The minimum absolute atomic E-state index is 0.0705. The van der Waals surface area contributed by atoms with Crippen molar-refractivity contribution in [1.29, 1.82) is 0 Å². The molecule has 0 aliphatic heterocycles. The van der Waals surface area contributed by atoms with Gasteiger partial charge in [-0.1, -0.05) is 39.8 Å². The quantitative estimate of drug-likeness (QED) is 0.481. The third-order valence-corrected chi connectivity index (χ3v) is 7.73. The molecule has 110 valence electrons. The van der Waals surface area contributed by atoms with Crippen LogP contribution in [0.4, 0.5) is 0 Å². The molecule has 1 atom stereocenters. The topological polar surface area (TPSA) is 46.5 Å². The number of aliphatic hydroxyl groups excluding tert-OH is 1. The molecule has 0 bridgehead atoms. The van der Waals surface area contributed by atoms with E-state index in [-0.39, 0.29) is 11.5 Å². The summed E-state index contributed by atoms with van der Waals surface area (Å²) >= 11 is 0. The Kier molecular flexibility index (Phi) is 5.85. The van der Waals surface area contributed by atoms with E-state index in [1.54, 1.807) is 20.8 Å². The average Bonchev–Trinajstić information content (AvgIpc) is 2.09. The largest absolute Gasteiger partial charge is 0.460 e. The van der Waals surface area contributed by atoms with Crippen LogP contribution in [0.15, 0.2) is 0 Å². The SMILES string of the molecule is CC(C)(C)OC(=O)C[C@@H](O)C#C[Si](C)(C)C(C)(C)C. The Morgan fingerprint density at radius 3 is 2.05 bits per heavy atom. The highest BCUT2D eigenvalue weighted by Gasteiger charge is 2.33. The molecule has 0 rings (SSSR count). The average molecular weight is 284 g/mol. The first-order chi connectivity index (χ1) is 8.24. The van der Waals surface area contributed by atoms with Gasteiger partial charge in [-0.3, -0.25) is 4.79 Å². The van der Waals surface area contributed by atoms with Gasteiger partial charge in [-0.05, 0) is 25.8 Å². The van der Waals surface area contributed by atoms with Crippen LogP contribution in [0.1, 0.15) is 48.0 Å². The van der Waals surface area contributed by atoms with Gasteiger partial charge in [0.15, 0.2) is 0 Å². The van der Waals surface area contributed by atoms with Crippen molar-refractivity contribution in [2.45, 2.75) is 77.8 Å². The highest BCUT2D eigenvalue weighted by Crippen LogP contribution is 2.35. The molecule has 0 radical (unpaired) electrons. The summed E-state index contributed by atoms with van der Waals surface area (Å²) in [5, 5.41) is 9.94. The van der Waals surface area contributed by atoms with Crippen LogP contribution in [0.2, 0.25) is 18.1 Å². The van der Waals surface area contributed by atoms with Crippen molar-refractivity contribution in [2.75, 3.05) is 0 Å². The van der Waals surface area contributed by atoms with E-state index in [4.69, 9.17) is 4.74 Å². The number of hydrogen-bond acceptors (Lipinski definition) is 3. The summed E-state index contributed by atoms with van der Waals surface area (Å²) in [6.07, 6.45) is -1.01. The van der Waals surface area contributed by atoms with Crippen LogP contribution in [-0.2, 0) is 9.53 Å². The fourth-order valence-corrected chi connectivity index (χ4v) is 1.95. The van der Waals surface area contributed by atoms with E-state index < -0.39 is 25.7 Å². The standard InChI is InChI=1S/C15H28O3Si/c1-14(2,3)18-13(17)11-12(16)9-10-19(7,8)15(4,5)6/h12,16H,11H2,1-8H3/t12-/m0/s1. The van der Waals surface area contributed by atoms with Crippen molar-refractivity contribution < 1.29 is 14.6 Å². The third-order valence-electron chi connectivity index (χ3n) is 3.21. The number of carbonyl (C=O) groups excluding carboxylic acids is 1. The molecule has 0 spiro atoms. The van der Waals surface area contributed by atoms with Crippen molar-refractivity contribution in [3.05, 3.63) is 0 Å². The molecule has 0 amide bonds. The van der Waals surface area contributed by atoms with Gasteiger partial charge in [-0.2, -0.15) is 0 Å². The third kappa shape index (κ3) is 7.39. The highest BCUT2D eigenvalue weighted by molar-refractivity contribution is 6.87. The first kappa shape index (κ1) is 18.2. The van der Waals surface area contributed by atoms with Gasteiger partial charge in [0.05, 0.1) is 6.42 Å². The Morgan fingerprint density at radius 2 is 1.68 bits per heavy atom. The Hall–Kier alpha value is -0.793. The molecule has 3 nitrogen and oxygen atoms in total. The Balaban J connectivity index is 4.58. The van der Waals surface area contributed by atoms with E-state index in [0.717, 1.165) is 0 Å². The minimum atomic E-state index is -1.74. The van der Waals surface area contributed by atoms with E-state index in [2.05, 4.69) is 45.3 Å². The van der Waals surface area contributed by atoms with E-state index in [1.807, 2.05) is 0 Å². The van der Waals surface area contributed by atoms with Crippen LogP contribution >= 0.6 is 0 Å². The Bertz CT molecular complexity index is 375. The molecule has 0 unspecified atom stereocenters. The van der Waals surface area contributed by atoms with Crippen molar-refractivity contribution in [2.24, 2.45) is 0 Å². The summed E-state index contributed by atoms with van der Waals surface area (Å²) < 4.78 is 5.15. The van der Waals surface area contributed by atoms with Gasteiger partial charge < -0.3 is 9.84 Å². The first-order valence-corrected chi connectivity index (χ1v) is 9.67. The van der Waals surface area contributed by atoms with Crippen molar-refractivity contribution >= 4 is 14.0 Å². The monoisotopic (exact) mass is 284 g/mol. The smallest absolute Gasteiger partial charge is 0.309 e. The predicted octanol–water partition coefficient (Wildman–Crippen LogP) is 3.13. The number of aliphatic hydroxyl groups is 1. The van der Waals surface area contributed by atoms with Crippen LogP contribution in [0.25, 0.3) is 0 Å². The summed E-state index contributed by atoms with van der Waals surface area (Å²) in [6.45, 7) is 16.2. The normalized spacial score (nSPS) is 14.4. The Labute approximate surface area is 118 Å². The zero-order valence-electron chi connectivity index (χ0n) is 13.5. The fourth-order valence-electron chi connectivity index (χ4n) is 1.04. The van der Waals surface area contributed by atoms with Crippen molar-refractivity contribution in [1.82, 2.24) is 0 Å². The molecule has 0 aromatic carbocycles. The van der Waals surface area contributed by atoms with Gasteiger partial charge in [-0.15, -0.1) is 5.54 Å². The van der Waals surface area contributed by atoms with Crippen LogP contribution < -0.4 is 0 Å². The van der Waals surface area contributed by atoms with E-state index >= 15 is 0 Å². The molecule has 19 heavy (non-hydrogen) atoms. The van der Waals surface area contributed by atoms with Crippen LogP contribution in [-0.4, -0.2) is 30.9 Å². The zero-order valence-corrected chi connectivity index (χ0v) is 14.5. The molecule has 0 saturated carbocycles. The number of rotatable bonds is 2. The van der Waals surface area contributed by atoms with Crippen LogP contribution in [0.3, 0.4) is 0 Å². The molecule has 0 heterocycles. The number of esters is 1. The lowest BCUT2D eigenvalue weighted by Gasteiger charge is -2.31. The van der Waals surface area contributed by atoms with Gasteiger partial charge >= 0.3 is 5.97 Å². The van der Waals surface area contributed by atoms with Crippen LogP contribution in [0.5, 0.6) is 0 Å². The van der Waals surface area contributed by atoms with Gasteiger partial charge in [0, 0.05) is 0 Å². The molecular formula is C15H28O3Si. The lowest BCUT2D eigenvalue weighted by Crippen LogP contribution is -2.36. The predicted molar refractivity (Wildman–Crippen MR) is 81.4 cm³/mol. The summed E-state index contributed by atoms with van der Waals surface area (Å²) in [5.41, 5.74) is 2.67. The summed E-state index contributed by atoms with van der Waals surface area (Å²) in [7, 11) is -1.74. The molecule has 0 aliphatic carbocycles. The van der Waals surface area contributed by atoms with E-state index in [9.17, 15) is 9.90 Å². The molecule has 0 aliphatic rings. The summed E-state index contributed by atoms with van der Waals surface area (Å²) in [5.74, 6) is 2.40. The molecule has 0 aromatic heterocycles. The van der Waals surface area contributed by atoms with Gasteiger partial charge in [-0.25, -0.2) is 0 Å². The first-order valence-electron chi connectivity index (χ1n) is 6.67. The maximum absolute atomic E-state index is 11.6. The summed E-state index contributed by atoms with van der Waals surface area (Å²) in [6, 6.07) is 0. The van der Waals surface area contributed by atoms with E-state index in [0.29, 0.717) is 0 Å². The summed E-state index contributed by atoms with van der Waals surface area (Å²) in [4.78, 5) is 11.6. The molecule has 1 N–H and O–H groups in total. The lowest BCUT2D eigenvalue weighted by molar-refractivity contribution is -0.156. The number of hydrogen-bond donors (Lipinski definition) is 1. The maximum Gasteiger partial charge on any atom is 0.309 e. The highest BCUT2D eigenvalue weighted by atomic mass is 28.3. The maximum atomic E-state index is 11.6. The second kappa shape index (κ2) is 6.11. The van der Waals surface area contributed by atoms with E-state index in [1.165, 1.54) is 0 Å². The molecule has 0 aromatic rings. The Morgan fingerprint density at radius 1 is 1.21 bits per heavy atom. The van der Waals surface area contributed by atoms with Crippen LogP contribution in [0, 0.1) is 11.5 Å². The number of ether oxygens (including phenoxy) is 1. The molecule has 0 saturated heterocycles. The van der Waals surface area contributed by atoms with Crippen molar-refractivity contribution in [3.63, 3.8) is 0 Å². The van der Waals surface area contributed by atoms with Gasteiger partial charge in [0.1, 0.15) is 19.8 Å². The molecule has 0 fully saturated rings. The second-order valence-electron chi connectivity index (χ2n) is 7.45.